The van der Waals surface area contributed by atoms with Crippen LogP contribution in [0.4, 0.5) is 0 Å². The van der Waals surface area contributed by atoms with Gasteiger partial charge in [-0.15, -0.1) is 11.8 Å². The van der Waals surface area contributed by atoms with E-state index in [0.717, 1.165) is 0 Å². The normalized spacial score (nSPS) is 31.4. The number of aromatic nitrogens is 1. The van der Waals surface area contributed by atoms with Crippen LogP contribution >= 0.6 is 11.8 Å². The highest BCUT2D eigenvalue weighted by Crippen LogP contribution is 2.51. The number of aliphatic hydroxyl groups excluding tert-OH is 1. The Bertz CT molecular complexity index is 906. The van der Waals surface area contributed by atoms with Gasteiger partial charge in [0.1, 0.15) is 5.70 Å². The van der Waals surface area contributed by atoms with E-state index in [9.17, 15) is 24.6 Å². The molecule has 0 bridgehead atoms. The van der Waals surface area contributed by atoms with Gasteiger partial charge in [0.15, 0.2) is 0 Å². The van der Waals surface area contributed by atoms with Gasteiger partial charge in [-0.05, 0) is 25.5 Å². The molecule has 30 heavy (non-hydrogen) atoms. The Balaban J connectivity index is 1.43. The highest BCUT2D eigenvalue weighted by atomic mass is 32.2. The number of β-lactam (4-membered cyclic amide) rings is 1. The number of nitrogens with one attached hydrogen (secondary N) is 2. The average molecular weight is 433 g/mol. The molecule has 0 unspecified atom stereocenters. The smallest absolute Gasteiger partial charge is 0.353 e. The van der Waals surface area contributed by atoms with E-state index in [1.54, 1.807) is 31.5 Å². The van der Waals surface area contributed by atoms with Crippen LogP contribution in [-0.4, -0.2) is 68.0 Å². The van der Waals surface area contributed by atoms with Crippen molar-refractivity contribution in [2.24, 2.45) is 11.8 Å². The number of amides is 2. The molecular formula is C20H24N4O5S. The molecule has 0 aromatic carbocycles. The second-order valence-electron chi connectivity index (χ2n) is 7.92. The van der Waals surface area contributed by atoms with Gasteiger partial charge < -0.3 is 20.4 Å². The van der Waals surface area contributed by atoms with Crippen molar-refractivity contribution >= 4 is 29.5 Å². The quantitative estimate of drug-likeness (QED) is 0.475. The third-order valence-electron chi connectivity index (χ3n) is 5.94. The molecule has 0 saturated carbocycles. The summed E-state index contributed by atoms with van der Waals surface area (Å²) in [5.41, 5.74) is 0.555. The summed E-state index contributed by atoms with van der Waals surface area (Å²) in [5, 5.41) is 25.9. The lowest BCUT2D eigenvalue weighted by Gasteiger charge is -2.46. The van der Waals surface area contributed by atoms with Crippen molar-refractivity contribution in [3.8, 4) is 0 Å². The van der Waals surface area contributed by atoms with Gasteiger partial charge in [-0.2, -0.15) is 0 Å². The summed E-state index contributed by atoms with van der Waals surface area (Å²) in [5.74, 6) is -2.39. The van der Waals surface area contributed by atoms with Gasteiger partial charge >= 0.3 is 5.97 Å². The third kappa shape index (κ3) is 3.48. The fourth-order valence-electron chi connectivity index (χ4n) is 4.51. The molecular weight excluding hydrogens is 408 g/mol. The summed E-state index contributed by atoms with van der Waals surface area (Å²) < 4.78 is 0. The number of carboxylic acid groups (broad SMARTS) is 1. The second-order valence-corrected chi connectivity index (χ2v) is 9.26. The molecule has 9 nitrogen and oxygen atoms in total. The summed E-state index contributed by atoms with van der Waals surface area (Å²) in [6.07, 6.45) is 2.70. The molecule has 6 atom stereocenters. The average Bonchev–Trinajstić information content (AvgIpc) is 3.23. The highest BCUT2D eigenvalue weighted by Gasteiger charge is 2.60. The molecule has 4 rings (SSSR count). The maximum atomic E-state index is 12.4. The third-order valence-corrected chi connectivity index (χ3v) is 7.45. The summed E-state index contributed by atoms with van der Waals surface area (Å²) in [7, 11) is 0. The Morgan fingerprint density at radius 2 is 2.07 bits per heavy atom. The summed E-state index contributed by atoms with van der Waals surface area (Å²) in [6.45, 7) is 4.07. The second kappa shape index (κ2) is 8.01. The largest absolute Gasteiger partial charge is 0.477 e. The number of hydrogen-bond acceptors (Lipinski definition) is 7. The SMILES string of the molecule is C[C@@H](O)[C@H]1C(=O)N2C(C(=O)O)=C(S[C@@H]3CN[C@@H](NC(=O)c4ccncc4)C3)[C@H](C)[C@H]12. The van der Waals surface area contributed by atoms with E-state index in [1.165, 1.54) is 16.7 Å². The van der Waals surface area contributed by atoms with Crippen molar-refractivity contribution in [2.45, 2.75) is 43.8 Å². The number of carbonyl (C=O) groups is 3. The van der Waals surface area contributed by atoms with Crippen LogP contribution in [-0.2, 0) is 9.59 Å². The number of rotatable bonds is 6. The highest BCUT2D eigenvalue weighted by molar-refractivity contribution is 8.03. The minimum absolute atomic E-state index is 0.0312. The van der Waals surface area contributed by atoms with E-state index >= 15 is 0 Å². The first-order valence-corrected chi connectivity index (χ1v) is 10.8. The molecule has 2 amide bonds. The number of fused-ring (bicyclic) bond motifs is 1. The van der Waals surface area contributed by atoms with E-state index in [-0.39, 0.29) is 40.9 Å². The Morgan fingerprint density at radius 1 is 1.37 bits per heavy atom. The lowest BCUT2D eigenvalue weighted by atomic mass is 9.79. The standard InChI is InChI=1S/C20H24N4O5S/c1-9-15-14(10(2)25)19(27)24(15)16(20(28)29)17(9)30-12-7-13(22-8-12)23-18(26)11-3-5-21-6-4-11/h3-6,9-10,12-15,22,25H,7-8H2,1-2H3,(H,23,26)(H,28,29)/t9-,10-,12+,13+,14-,15-/m1/s1. The maximum absolute atomic E-state index is 12.4. The molecule has 2 saturated heterocycles. The van der Waals surface area contributed by atoms with Crippen LogP contribution < -0.4 is 10.6 Å². The Labute approximate surface area is 177 Å². The first-order chi connectivity index (χ1) is 14.3. The molecule has 0 radical (unpaired) electrons. The first kappa shape index (κ1) is 20.8. The Hall–Kier alpha value is -2.43. The van der Waals surface area contributed by atoms with Gasteiger partial charge in [0.25, 0.3) is 5.91 Å². The molecule has 4 heterocycles. The zero-order chi connectivity index (χ0) is 21.6. The van der Waals surface area contributed by atoms with Crippen LogP contribution in [0.2, 0.25) is 0 Å². The van der Waals surface area contributed by atoms with E-state index in [0.29, 0.717) is 23.4 Å². The van der Waals surface area contributed by atoms with Crippen LogP contribution in [0.25, 0.3) is 0 Å². The van der Waals surface area contributed by atoms with Crippen molar-refractivity contribution in [1.82, 2.24) is 20.5 Å². The lowest BCUT2D eigenvalue weighted by molar-refractivity contribution is -0.163. The summed E-state index contributed by atoms with van der Waals surface area (Å²) >= 11 is 1.45. The Morgan fingerprint density at radius 3 is 2.70 bits per heavy atom. The number of nitrogens with zero attached hydrogens (tertiary/aromatic N) is 2. The first-order valence-electron chi connectivity index (χ1n) is 9.89. The number of thioether (sulfide) groups is 1. The number of hydrogen-bond donors (Lipinski definition) is 4. The lowest BCUT2D eigenvalue weighted by Crippen LogP contribution is -2.63. The molecule has 0 spiro atoms. The predicted molar refractivity (Wildman–Crippen MR) is 109 cm³/mol. The zero-order valence-corrected chi connectivity index (χ0v) is 17.4. The van der Waals surface area contributed by atoms with Gasteiger partial charge in [0.05, 0.1) is 24.2 Å². The maximum Gasteiger partial charge on any atom is 0.353 e. The molecule has 0 aliphatic carbocycles. The van der Waals surface area contributed by atoms with Gasteiger partial charge in [-0.1, -0.05) is 6.92 Å². The van der Waals surface area contributed by atoms with Crippen molar-refractivity contribution in [3.05, 3.63) is 40.7 Å². The fourth-order valence-corrected chi connectivity index (χ4v) is 5.98. The van der Waals surface area contributed by atoms with Crippen molar-refractivity contribution in [3.63, 3.8) is 0 Å². The monoisotopic (exact) mass is 432 g/mol. The van der Waals surface area contributed by atoms with E-state index in [1.807, 2.05) is 6.92 Å². The molecule has 1 aromatic rings. The Kier molecular flexibility index (Phi) is 5.56. The molecule has 1 aromatic heterocycles. The van der Waals surface area contributed by atoms with Crippen LogP contribution in [0.1, 0.15) is 30.6 Å². The van der Waals surface area contributed by atoms with Gasteiger partial charge in [-0.25, -0.2) is 4.79 Å². The van der Waals surface area contributed by atoms with Gasteiger partial charge in [-0.3, -0.25) is 19.9 Å². The topological polar surface area (TPSA) is 132 Å². The zero-order valence-electron chi connectivity index (χ0n) is 16.6. The molecule has 10 heteroatoms. The van der Waals surface area contributed by atoms with Gasteiger partial charge in [0.2, 0.25) is 5.91 Å². The molecule has 3 aliphatic rings. The van der Waals surface area contributed by atoms with Gasteiger partial charge in [0, 0.05) is 40.6 Å². The number of pyridine rings is 1. The van der Waals surface area contributed by atoms with Crippen molar-refractivity contribution in [2.75, 3.05) is 6.54 Å². The summed E-state index contributed by atoms with van der Waals surface area (Å²) in [4.78, 5) is 42.6. The number of carbonyl (C=O) groups excluding carboxylic acids is 2. The predicted octanol–water partition coefficient (Wildman–Crippen LogP) is 0.386. The summed E-state index contributed by atoms with van der Waals surface area (Å²) in [6, 6.07) is 2.96. The van der Waals surface area contributed by atoms with Crippen LogP contribution in [0.15, 0.2) is 35.1 Å². The van der Waals surface area contributed by atoms with E-state index < -0.39 is 18.0 Å². The van der Waals surface area contributed by atoms with Crippen LogP contribution in [0.5, 0.6) is 0 Å². The van der Waals surface area contributed by atoms with Crippen molar-refractivity contribution < 1.29 is 24.6 Å². The number of aliphatic carboxylic acids is 1. The molecule has 160 valence electrons. The van der Waals surface area contributed by atoms with Crippen molar-refractivity contribution in [1.29, 1.82) is 0 Å². The van der Waals surface area contributed by atoms with E-state index in [4.69, 9.17) is 0 Å². The minimum atomic E-state index is -1.13. The molecule has 2 fully saturated rings. The van der Waals surface area contributed by atoms with Crippen LogP contribution in [0, 0.1) is 11.8 Å². The fraction of sp³-hybridized carbons (Fsp3) is 0.500. The van der Waals surface area contributed by atoms with Crippen LogP contribution in [0.3, 0.4) is 0 Å². The van der Waals surface area contributed by atoms with E-state index in [2.05, 4.69) is 15.6 Å². The molecule has 4 N–H and O–H groups in total. The molecule has 3 aliphatic heterocycles. The number of carboxylic acids is 1. The number of aliphatic hydroxyl groups is 1. The minimum Gasteiger partial charge on any atom is -0.477 e.